The van der Waals surface area contributed by atoms with E-state index >= 15 is 0 Å². The maximum atomic E-state index is 12.2. The normalized spacial score (nSPS) is 19.6. The Morgan fingerprint density at radius 2 is 2.29 bits per heavy atom. The Bertz CT molecular complexity index is 471. The van der Waals surface area contributed by atoms with Gasteiger partial charge < -0.3 is 10.0 Å². The average Bonchev–Trinajstić information content (AvgIpc) is 2.83. The summed E-state index contributed by atoms with van der Waals surface area (Å²) in [5, 5.41) is 13.1. The molecule has 92 valence electrons. The summed E-state index contributed by atoms with van der Waals surface area (Å²) >= 11 is 1.45. The maximum absolute atomic E-state index is 12.2. The molecule has 1 aliphatic rings. The van der Waals surface area contributed by atoms with Gasteiger partial charge in [0, 0.05) is 19.0 Å². The van der Waals surface area contributed by atoms with Crippen LogP contribution in [0.3, 0.4) is 0 Å². The molecule has 1 aromatic heterocycles. The molecule has 1 aliphatic heterocycles. The van der Waals surface area contributed by atoms with Crippen molar-refractivity contribution in [2.75, 3.05) is 11.6 Å². The third kappa shape index (κ3) is 2.14. The van der Waals surface area contributed by atoms with Gasteiger partial charge >= 0.3 is 5.97 Å². The van der Waals surface area contributed by atoms with E-state index in [2.05, 4.69) is 5.10 Å². The van der Waals surface area contributed by atoms with E-state index in [9.17, 15) is 9.59 Å². The van der Waals surface area contributed by atoms with E-state index < -0.39 is 12.0 Å². The number of aromatic nitrogens is 2. The predicted octanol–water partition coefficient (Wildman–Crippen LogP) is 0.328. The molecule has 2 heterocycles. The van der Waals surface area contributed by atoms with Crippen LogP contribution in [0.25, 0.3) is 0 Å². The van der Waals surface area contributed by atoms with Gasteiger partial charge in [0.15, 0.2) is 0 Å². The van der Waals surface area contributed by atoms with E-state index in [0.29, 0.717) is 22.9 Å². The largest absolute Gasteiger partial charge is 0.480 e. The summed E-state index contributed by atoms with van der Waals surface area (Å²) in [5.41, 5.74) is 1.10. The van der Waals surface area contributed by atoms with Gasteiger partial charge in [-0.2, -0.15) is 5.10 Å². The molecule has 0 aromatic carbocycles. The molecule has 1 amide bonds. The zero-order chi connectivity index (χ0) is 12.6. The number of rotatable bonds is 2. The first kappa shape index (κ1) is 12.0. The Kier molecular flexibility index (Phi) is 3.10. The minimum absolute atomic E-state index is 0.256. The highest BCUT2D eigenvalue weighted by atomic mass is 32.2. The standard InChI is InChI=1S/C10H13N3O3S/c1-6-7(3-12(2)11-6)9(14)13-5-17-4-8(13)10(15)16/h3,8H,4-5H2,1-2H3,(H,15,16). The smallest absolute Gasteiger partial charge is 0.327 e. The van der Waals surface area contributed by atoms with Gasteiger partial charge in [-0.3, -0.25) is 9.48 Å². The number of aliphatic carboxylic acids is 1. The first-order chi connectivity index (χ1) is 8.00. The van der Waals surface area contributed by atoms with Crippen molar-refractivity contribution in [1.82, 2.24) is 14.7 Å². The molecule has 1 atom stereocenters. The van der Waals surface area contributed by atoms with Crippen LogP contribution in [0.5, 0.6) is 0 Å². The number of hydrogen-bond acceptors (Lipinski definition) is 4. The predicted molar refractivity (Wildman–Crippen MR) is 62.9 cm³/mol. The summed E-state index contributed by atoms with van der Waals surface area (Å²) in [6.07, 6.45) is 1.62. The Labute approximate surface area is 103 Å². The zero-order valence-corrected chi connectivity index (χ0v) is 10.4. The van der Waals surface area contributed by atoms with Crippen molar-refractivity contribution < 1.29 is 14.7 Å². The molecule has 0 radical (unpaired) electrons. The molecular formula is C10H13N3O3S. The Morgan fingerprint density at radius 1 is 1.59 bits per heavy atom. The second kappa shape index (κ2) is 4.40. The van der Waals surface area contributed by atoms with Crippen molar-refractivity contribution in [3.8, 4) is 0 Å². The van der Waals surface area contributed by atoms with Crippen LogP contribution in [-0.2, 0) is 11.8 Å². The summed E-state index contributed by atoms with van der Waals surface area (Å²) in [5.74, 6) is -0.345. The molecule has 6 nitrogen and oxygen atoms in total. The Morgan fingerprint density at radius 3 is 2.82 bits per heavy atom. The van der Waals surface area contributed by atoms with Gasteiger partial charge in [0.1, 0.15) is 6.04 Å². The molecule has 0 aliphatic carbocycles. The van der Waals surface area contributed by atoms with Crippen molar-refractivity contribution in [3.63, 3.8) is 0 Å². The number of carbonyl (C=O) groups is 2. The quantitative estimate of drug-likeness (QED) is 0.824. The minimum atomic E-state index is -0.954. The molecular weight excluding hydrogens is 242 g/mol. The van der Waals surface area contributed by atoms with E-state index in [-0.39, 0.29) is 5.91 Å². The molecule has 1 aromatic rings. The van der Waals surface area contributed by atoms with Crippen LogP contribution < -0.4 is 0 Å². The second-order valence-corrected chi connectivity index (χ2v) is 4.93. The van der Waals surface area contributed by atoms with Crippen LogP contribution in [-0.4, -0.2) is 49.3 Å². The highest BCUT2D eigenvalue weighted by molar-refractivity contribution is 7.99. The lowest BCUT2D eigenvalue weighted by Gasteiger charge is -2.19. The van der Waals surface area contributed by atoms with Crippen molar-refractivity contribution in [3.05, 3.63) is 17.5 Å². The number of nitrogens with zero attached hydrogens (tertiary/aromatic N) is 3. The van der Waals surface area contributed by atoms with Crippen LogP contribution in [0.15, 0.2) is 6.20 Å². The summed E-state index contributed by atoms with van der Waals surface area (Å²) in [6, 6.07) is -0.730. The molecule has 1 unspecified atom stereocenters. The van der Waals surface area contributed by atoms with Gasteiger partial charge in [-0.15, -0.1) is 11.8 Å². The van der Waals surface area contributed by atoms with Crippen LogP contribution in [0.4, 0.5) is 0 Å². The van der Waals surface area contributed by atoms with E-state index in [1.54, 1.807) is 24.9 Å². The molecule has 1 fully saturated rings. The summed E-state index contributed by atoms with van der Waals surface area (Å²) in [7, 11) is 1.73. The Hall–Kier alpha value is -1.50. The van der Waals surface area contributed by atoms with Gasteiger partial charge in [0.05, 0.1) is 17.1 Å². The number of thioether (sulfide) groups is 1. The lowest BCUT2D eigenvalue weighted by atomic mass is 10.2. The van der Waals surface area contributed by atoms with Crippen LogP contribution in [0, 0.1) is 6.92 Å². The zero-order valence-electron chi connectivity index (χ0n) is 9.58. The van der Waals surface area contributed by atoms with Crippen molar-refractivity contribution in [1.29, 1.82) is 0 Å². The summed E-state index contributed by atoms with van der Waals surface area (Å²) < 4.78 is 1.56. The number of carbonyl (C=O) groups excluding carboxylic acids is 1. The van der Waals surface area contributed by atoms with Crippen LogP contribution >= 0.6 is 11.8 Å². The van der Waals surface area contributed by atoms with E-state index in [1.165, 1.54) is 16.7 Å². The van der Waals surface area contributed by atoms with Crippen molar-refractivity contribution >= 4 is 23.6 Å². The number of amides is 1. The van der Waals surface area contributed by atoms with E-state index in [0.717, 1.165) is 0 Å². The fraction of sp³-hybridized carbons (Fsp3) is 0.500. The average molecular weight is 255 g/mol. The van der Waals surface area contributed by atoms with Gasteiger partial charge in [-0.25, -0.2) is 4.79 Å². The summed E-state index contributed by atoms with van der Waals surface area (Å²) in [4.78, 5) is 24.6. The lowest BCUT2D eigenvalue weighted by Crippen LogP contribution is -2.41. The minimum Gasteiger partial charge on any atom is -0.480 e. The first-order valence-corrected chi connectivity index (χ1v) is 6.28. The highest BCUT2D eigenvalue weighted by Gasteiger charge is 2.35. The highest BCUT2D eigenvalue weighted by Crippen LogP contribution is 2.23. The monoisotopic (exact) mass is 255 g/mol. The van der Waals surface area contributed by atoms with Crippen molar-refractivity contribution in [2.24, 2.45) is 7.05 Å². The molecule has 0 spiro atoms. The first-order valence-electron chi connectivity index (χ1n) is 5.12. The maximum Gasteiger partial charge on any atom is 0.327 e. The molecule has 0 saturated carbocycles. The lowest BCUT2D eigenvalue weighted by molar-refractivity contribution is -0.140. The number of hydrogen-bond donors (Lipinski definition) is 1. The molecule has 17 heavy (non-hydrogen) atoms. The second-order valence-electron chi connectivity index (χ2n) is 3.93. The third-order valence-electron chi connectivity index (χ3n) is 2.67. The Balaban J connectivity index is 2.25. The molecule has 2 rings (SSSR count). The van der Waals surface area contributed by atoms with Gasteiger partial charge in [-0.05, 0) is 6.92 Å². The topological polar surface area (TPSA) is 75.4 Å². The number of aryl methyl sites for hydroxylation is 2. The van der Waals surface area contributed by atoms with E-state index in [1.807, 2.05) is 0 Å². The number of carboxylic acid groups (broad SMARTS) is 1. The third-order valence-corrected chi connectivity index (χ3v) is 3.68. The molecule has 0 bridgehead atoms. The molecule has 7 heteroatoms. The molecule has 1 saturated heterocycles. The van der Waals surface area contributed by atoms with Gasteiger partial charge in [0.25, 0.3) is 5.91 Å². The SMILES string of the molecule is Cc1nn(C)cc1C(=O)N1CSCC1C(=O)O. The van der Waals surface area contributed by atoms with Gasteiger partial charge in [0.2, 0.25) is 0 Å². The fourth-order valence-corrected chi connectivity index (χ4v) is 2.96. The van der Waals surface area contributed by atoms with E-state index in [4.69, 9.17) is 5.11 Å². The summed E-state index contributed by atoms with van der Waals surface area (Å²) in [6.45, 7) is 1.74. The van der Waals surface area contributed by atoms with Gasteiger partial charge in [-0.1, -0.05) is 0 Å². The fourth-order valence-electron chi connectivity index (χ4n) is 1.81. The molecule has 1 N–H and O–H groups in total. The van der Waals surface area contributed by atoms with Crippen molar-refractivity contribution in [2.45, 2.75) is 13.0 Å². The van der Waals surface area contributed by atoms with Crippen LogP contribution in [0.2, 0.25) is 0 Å². The van der Waals surface area contributed by atoms with Crippen LogP contribution in [0.1, 0.15) is 16.1 Å². The number of carboxylic acids is 1.